The molecule has 0 aliphatic rings. The minimum atomic E-state index is -0.0107. The largest absolute Gasteiger partial charge is 0.490 e. The number of rotatable bonds is 6. The summed E-state index contributed by atoms with van der Waals surface area (Å²) < 4.78 is 16.7. The number of hydrogen-bond acceptors (Lipinski definition) is 6. The monoisotopic (exact) mass is 345 g/mol. The van der Waals surface area contributed by atoms with Crippen molar-refractivity contribution in [2.45, 2.75) is 13.5 Å². The van der Waals surface area contributed by atoms with Gasteiger partial charge in [-0.1, -0.05) is 47.0 Å². The predicted octanol–water partition coefficient (Wildman–Crippen LogP) is 3.95. The summed E-state index contributed by atoms with van der Waals surface area (Å²) in [6, 6.07) is 13.2. The smallest absolute Gasteiger partial charge is 0.313 e. The van der Waals surface area contributed by atoms with Crippen LogP contribution in [0.2, 0.25) is 5.02 Å². The lowest BCUT2D eigenvalue weighted by molar-refractivity contribution is 0.269. The Balaban J connectivity index is 1.90. The van der Waals surface area contributed by atoms with Gasteiger partial charge in [-0.25, -0.2) is 0 Å². The maximum absolute atomic E-state index is 6.37. The average Bonchev–Trinajstić information content (AvgIpc) is 3.02. The Morgan fingerprint density at radius 1 is 1.12 bits per heavy atom. The Morgan fingerprint density at radius 2 is 1.92 bits per heavy atom. The highest BCUT2D eigenvalue weighted by atomic mass is 35.5. The first kappa shape index (κ1) is 16.1. The van der Waals surface area contributed by atoms with E-state index in [2.05, 4.69) is 10.2 Å². The Hall–Kier alpha value is -2.73. The van der Waals surface area contributed by atoms with Crippen LogP contribution >= 0.6 is 11.6 Å². The summed E-state index contributed by atoms with van der Waals surface area (Å²) in [4.78, 5) is 0. The van der Waals surface area contributed by atoms with E-state index in [1.54, 1.807) is 12.1 Å². The molecule has 0 aliphatic heterocycles. The van der Waals surface area contributed by atoms with Crippen molar-refractivity contribution in [3.63, 3.8) is 0 Å². The van der Waals surface area contributed by atoms with E-state index < -0.39 is 0 Å². The van der Waals surface area contributed by atoms with Crippen molar-refractivity contribution in [1.29, 1.82) is 0 Å². The predicted molar refractivity (Wildman–Crippen MR) is 91.1 cm³/mol. The van der Waals surface area contributed by atoms with Gasteiger partial charge in [-0.05, 0) is 24.6 Å². The molecule has 1 heterocycles. The van der Waals surface area contributed by atoms with Gasteiger partial charge < -0.3 is 19.6 Å². The third-order valence-corrected chi connectivity index (χ3v) is 3.50. The molecule has 6 nitrogen and oxygen atoms in total. The van der Waals surface area contributed by atoms with Crippen LogP contribution in [0.1, 0.15) is 12.5 Å². The molecule has 124 valence electrons. The van der Waals surface area contributed by atoms with Crippen LogP contribution in [0.25, 0.3) is 11.5 Å². The minimum absolute atomic E-state index is 0.0107. The number of aromatic nitrogens is 2. The van der Waals surface area contributed by atoms with Gasteiger partial charge in [0.15, 0.2) is 11.5 Å². The van der Waals surface area contributed by atoms with E-state index in [1.165, 1.54) is 0 Å². The minimum Gasteiger partial charge on any atom is -0.490 e. The molecule has 1 aromatic heterocycles. The number of nitrogen functional groups attached to an aromatic ring is 1. The number of anilines is 1. The van der Waals surface area contributed by atoms with E-state index in [0.29, 0.717) is 35.3 Å². The molecule has 3 rings (SSSR count). The van der Waals surface area contributed by atoms with Gasteiger partial charge >= 0.3 is 6.01 Å². The molecular formula is C17H16ClN3O3. The summed E-state index contributed by atoms with van der Waals surface area (Å²) >= 11 is 6.37. The van der Waals surface area contributed by atoms with Crippen molar-refractivity contribution < 1.29 is 13.9 Å². The third kappa shape index (κ3) is 3.60. The Labute approximate surface area is 144 Å². The fourth-order valence-electron chi connectivity index (χ4n) is 2.18. The first-order chi connectivity index (χ1) is 11.7. The summed E-state index contributed by atoms with van der Waals surface area (Å²) in [7, 11) is 0. The second kappa shape index (κ2) is 7.23. The zero-order chi connectivity index (χ0) is 16.9. The third-order valence-electron chi connectivity index (χ3n) is 3.22. The summed E-state index contributed by atoms with van der Waals surface area (Å²) in [5, 5.41) is 7.89. The van der Waals surface area contributed by atoms with E-state index in [9.17, 15) is 0 Å². The molecule has 24 heavy (non-hydrogen) atoms. The van der Waals surface area contributed by atoms with E-state index in [4.69, 9.17) is 31.2 Å². The standard InChI is InChI=1S/C17H16ClN3O3/c1-2-22-14-9-12(16-20-21-17(19)24-16)8-13(18)15(14)23-10-11-6-4-3-5-7-11/h3-9H,2,10H2,1H3,(H2,19,21). The van der Waals surface area contributed by atoms with Crippen LogP contribution in [0.5, 0.6) is 11.5 Å². The molecule has 0 bridgehead atoms. The number of halogens is 1. The summed E-state index contributed by atoms with van der Waals surface area (Å²) in [6.07, 6.45) is 0. The quantitative estimate of drug-likeness (QED) is 0.728. The molecule has 0 fully saturated rings. The first-order valence-corrected chi connectivity index (χ1v) is 7.77. The number of nitrogens with two attached hydrogens (primary N) is 1. The number of benzene rings is 2. The van der Waals surface area contributed by atoms with Crippen LogP contribution in [0.3, 0.4) is 0 Å². The van der Waals surface area contributed by atoms with Crippen LogP contribution in [0.15, 0.2) is 46.9 Å². The molecular weight excluding hydrogens is 330 g/mol. The highest BCUT2D eigenvalue weighted by Crippen LogP contribution is 2.40. The van der Waals surface area contributed by atoms with Crippen molar-refractivity contribution in [2.24, 2.45) is 0 Å². The summed E-state index contributed by atoms with van der Waals surface area (Å²) in [6.45, 7) is 2.73. The van der Waals surface area contributed by atoms with E-state index in [0.717, 1.165) is 5.56 Å². The maximum Gasteiger partial charge on any atom is 0.313 e. The molecule has 2 aromatic carbocycles. The Kier molecular flexibility index (Phi) is 4.86. The van der Waals surface area contributed by atoms with Gasteiger partial charge in [0, 0.05) is 5.56 Å². The average molecular weight is 346 g/mol. The van der Waals surface area contributed by atoms with Crippen molar-refractivity contribution in [3.05, 3.63) is 53.1 Å². The van der Waals surface area contributed by atoms with Crippen LogP contribution in [0.4, 0.5) is 6.01 Å². The topological polar surface area (TPSA) is 83.4 Å². The molecule has 7 heteroatoms. The van der Waals surface area contributed by atoms with Crippen molar-refractivity contribution in [1.82, 2.24) is 10.2 Å². The lowest BCUT2D eigenvalue weighted by Crippen LogP contribution is -2.01. The molecule has 0 unspecified atom stereocenters. The van der Waals surface area contributed by atoms with Gasteiger partial charge in [0.2, 0.25) is 5.89 Å². The highest BCUT2D eigenvalue weighted by molar-refractivity contribution is 6.32. The van der Waals surface area contributed by atoms with Crippen LogP contribution in [-0.2, 0) is 6.61 Å². The zero-order valence-corrected chi connectivity index (χ0v) is 13.8. The SMILES string of the molecule is CCOc1cc(-c2nnc(N)o2)cc(Cl)c1OCc1ccccc1. The van der Waals surface area contributed by atoms with Crippen molar-refractivity contribution >= 4 is 17.6 Å². The number of ether oxygens (including phenoxy) is 2. The van der Waals surface area contributed by atoms with Gasteiger partial charge in [0.05, 0.1) is 11.6 Å². The van der Waals surface area contributed by atoms with E-state index >= 15 is 0 Å². The molecule has 0 saturated carbocycles. The van der Waals surface area contributed by atoms with Crippen molar-refractivity contribution in [2.75, 3.05) is 12.3 Å². The molecule has 0 saturated heterocycles. The number of hydrogen-bond donors (Lipinski definition) is 1. The second-order valence-electron chi connectivity index (χ2n) is 4.94. The van der Waals surface area contributed by atoms with Crippen LogP contribution in [-0.4, -0.2) is 16.8 Å². The molecule has 0 spiro atoms. The highest BCUT2D eigenvalue weighted by Gasteiger charge is 2.16. The van der Waals surface area contributed by atoms with Gasteiger partial charge in [-0.3, -0.25) is 0 Å². The zero-order valence-electron chi connectivity index (χ0n) is 13.0. The number of nitrogens with zero attached hydrogens (tertiary/aromatic N) is 2. The van der Waals surface area contributed by atoms with E-state index in [1.807, 2.05) is 37.3 Å². The van der Waals surface area contributed by atoms with Crippen molar-refractivity contribution in [3.8, 4) is 23.0 Å². The molecule has 0 aliphatic carbocycles. The van der Waals surface area contributed by atoms with Gasteiger partial charge in [0.25, 0.3) is 0 Å². The normalized spacial score (nSPS) is 10.6. The lowest BCUT2D eigenvalue weighted by Gasteiger charge is -2.14. The van der Waals surface area contributed by atoms with Gasteiger partial charge in [-0.15, -0.1) is 5.10 Å². The Bertz CT molecular complexity index is 821. The van der Waals surface area contributed by atoms with Crippen LogP contribution in [0, 0.1) is 0 Å². The molecule has 0 amide bonds. The van der Waals surface area contributed by atoms with E-state index in [-0.39, 0.29) is 11.9 Å². The summed E-state index contributed by atoms with van der Waals surface area (Å²) in [5.41, 5.74) is 7.11. The lowest BCUT2D eigenvalue weighted by atomic mass is 10.2. The Morgan fingerprint density at radius 3 is 2.58 bits per heavy atom. The fraction of sp³-hybridized carbons (Fsp3) is 0.176. The first-order valence-electron chi connectivity index (χ1n) is 7.39. The fourth-order valence-corrected chi connectivity index (χ4v) is 2.44. The molecule has 0 atom stereocenters. The van der Waals surface area contributed by atoms with Crippen LogP contribution < -0.4 is 15.2 Å². The second-order valence-corrected chi connectivity index (χ2v) is 5.35. The summed E-state index contributed by atoms with van der Waals surface area (Å²) in [5.74, 6) is 1.25. The molecule has 2 N–H and O–H groups in total. The molecule has 3 aromatic rings. The van der Waals surface area contributed by atoms with Gasteiger partial charge in [-0.2, -0.15) is 0 Å². The maximum atomic E-state index is 6.37. The molecule has 0 radical (unpaired) electrons. The van der Waals surface area contributed by atoms with Gasteiger partial charge in [0.1, 0.15) is 6.61 Å².